The summed E-state index contributed by atoms with van der Waals surface area (Å²) >= 11 is 3.60. The zero-order chi connectivity index (χ0) is 16.7. The third kappa shape index (κ3) is 5.10. The molecule has 122 valence electrons. The molecule has 2 rings (SSSR count). The highest BCUT2D eigenvalue weighted by atomic mass is 127. The van der Waals surface area contributed by atoms with E-state index in [2.05, 4.69) is 44.7 Å². The number of aromatic nitrogens is 1. The summed E-state index contributed by atoms with van der Waals surface area (Å²) in [5, 5.41) is 6.55. The highest BCUT2D eigenvalue weighted by Crippen LogP contribution is 2.34. The fourth-order valence-corrected chi connectivity index (χ4v) is 3.04. The number of nitrogens with zero attached hydrogens (tertiary/aromatic N) is 2. The van der Waals surface area contributed by atoms with Gasteiger partial charge < -0.3 is 15.2 Å². The fraction of sp³-hybridized carbons (Fsp3) is 0.200. The first kappa shape index (κ1) is 17.5. The lowest BCUT2D eigenvalue weighted by atomic mass is 10.2. The van der Waals surface area contributed by atoms with Crippen LogP contribution < -0.4 is 20.6 Å². The van der Waals surface area contributed by atoms with Crippen LogP contribution in [0.15, 0.2) is 35.3 Å². The molecule has 0 spiro atoms. The number of hydrogen-bond acceptors (Lipinski definition) is 7. The maximum absolute atomic E-state index is 5.67. The monoisotopic (exact) mass is 444 g/mol. The number of anilines is 2. The number of nitrogens with two attached hydrogens (primary N) is 1. The molecule has 0 amide bonds. The first-order chi connectivity index (χ1) is 11.1. The van der Waals surface area contributed by atoms with Crippen LogP contribution in [0.25, 0.3) is 0 Å². The van der Waals surface area contributed by atoms with Crippen molar-refractivity contribution in [2.75, 3.05) is 24.4 Å². The van der Waals surface area contributed by atoms with Gasteiger partial charge in [-0.3, -0.25) is 5.43 Å². The SMILES string of the molecule is C=CCOc1c(I)cc(C=NNc2nc(N)cs2)cc1OCC. The van der Waals surface area contributed by atoms with Gasteiger partial charge in [0.05, 0.1) is 16.4 Å². The third-order valence-corrected chi connectivity index (χ3v) is 4.14. The molecule has 0 aliphatic heterocycles. The van der Waals surface area contributed by atoms with E-state index in [1.165, 1.54) is 11.3 Å². The summed E-state index contributed by atoms with van der Waals surface area (Å²) in [6, 6.07) is 3.84. The van der Waals surface area contributed by atoms with Crippen LogP contribution in [0.2, 0.25) is 0 Å². The van der Waals surface area contributed by atoms with Crippen LogP contribution in [-0.2, 0) is 0 Å². The zero-order valence-electron chi connectivity index (χ0n) is 12.6. The van der Waals surface area contributed by atoms with E-state index in [1.54, 1.807) is 17.7 Å². The normalized spacial score (nSPS) is 10.7. The molecule has 1 aromatic heterocycles. The molecule has 2 aromatic rings. The first-order valence-corrected chi connectivity index (χ1v) is 8.80. The van der Waals surface area contributed by atoms with E-state index in [1.807, 2.05) is 19.1 Å². The van der Waals surface area contributed by atoms with Gasteiger partial charge in [-0.2, -0.15) is 5.10 Å². The molecule has 6 nitrogen and oxygen atoms in total. The van der Waals surface area contributed by atoms with Gasteiger partial charge in [0.15, 0.2) is 11.5 Å². The molecule has 3 N–H and O–H groups in total. The molecular weight excluding hydrogens is 427 g/mol. The Morgan fingerprint density at radius 3 is 2.96 bits per heavy atom. The maximum Gasteiger partial charge on any atom is 0.205 e. The minimum Gasteiger partial charge on any atom is -0.490 e. The topological polar surface area (TPSA) is 81.8 Å². The van der Waals surface area contributed by atoms with Crippen LogP contribution in [0.1, 0.15) is 12.5 Å². The van der Waals surface area contributed by atoms with Crippen molar-refractivity contribution in [2.24, 2.45) is 5.10 Å². The molecular formula is C15H17IN4O2S. The Balaban J connectivity index is 2.16. The molecule has 0 atom stereocenters. The Morgan fingerprint density at radius 1 is 1.48 bits per heavy atom. The number of hydrazone groups is 1. The lowest BCUT2D eigenvalue weighted by molar-refractivity contribution is 0.295. The number of ether oxygens (including phenoxy) is 2. The number of nitrogens with one attached hydrogen (secondary N) is 1. The van der Waals surface area contributed by atoms with Crippen LogP contribution in [0, 0.1) is 3.57 Å². The highest BCUT2D eigenvalue weighted by Gasteiger charge is 2.11. The van der Waals surface area contributed by atoms with Crippen molar-refractivity contribution in [3.63, 3.8) is 0 Å². The Hall–Kier alpha value is -1.81. The van der Waals surface area contributed by atoms with Gasteiger partial charge in [0.1, 0.15) is 12.4 Å². The predicted octanol–water partition coefficient (Wildman–Crippen LogP) is 3.74. The number of nitrogen functional groups attached to an aromatic ring is 1. The highest BCUT2D eigenvalue weighted by molar-refractivity contribution is 14.1. The molecule has 0 radical (unpaired) electrons. The lowest BCUT2D eigenvalue weighted by Gasteiger charge is -2.13. The van der Waals surface area contributed by atoms with Gasteiger partial charge in [-0.25, -0.2) is 4.98 Å². The standard InChI is InChI=1S/C15H17IN4O2S/c1-3-5-22-14-11(16)6-10(7-12(14)21-4-2)8-18-20-15-19-13(17)9-23-15/h3,6-9H,1,4-5,17H2,2H3,(H,19,20). The van der Waals surface area contributed by atoms with E-state index in [0.29, 0.717) is 35.7 Å². The molecule has 0 aliphatic rings. The van der Waals surface area contributed by atoms with Gasteiger partial charge in [-0.05, 0) is 47.2 Å². The van der Waals surface area contributed by atoms with Crippen molar-refractivity contribution >= 4 is 51.1 Å². The van der Waals surface area contributed by atoms with Crippen LogP contribution in [0.4, 0.5) is 10.9 Å². The van der Waals surface area contributed by atoms with Crippen molar-refractivity contribution in [3.05, 3.63) is 39.3 Å². The summed E-state index contributed by atoms with van der Waals surface area (Å²) < 4.78 is 12.3. The predicted molar refractivity (Wildman–Crippen MR) is 104 cm³/mol. The first-order valence-electron chi connectivity index (χ1n) is 6.84. The number of halogens is 1. The number of thiazole rings is 1. The molecule has 0 aliphatic carbocycles. The van der Waals surface area contributed by atoms with Crippen LogP contribution >= 0.6 is 33.9 Å². The molecule has 8 heteroatoms. The third-order valence-electron chi connectivity index (χ3n) is 2.57. The summed E-state index contributed by atoms with van der Waals surface area (Å²) in [7, 11) is 0. The van der Waals surface area contributed by atoms with E-state index in [9.17, 15) is 0 Å². The van der Waals surface area contributed by atoms with E-state index < -0.39 is 0 Å². The number of hydrogen-bond donors (Lipinski definition) is 2. The quantitative estimate of drug-likeness (QED) is 0.281. The summed E-state index contributed by atoms with van der Waals surface area (Å²) in [6.07, 6.45) is 3.39. The second-order valence-corrected chi connectivity index (χ2v) is 6.33. The van der Waals surface area contributed by atoms with Gasteiger partial charge >= 0.3 is 0 Å². The van der Waals surface area contributed by atoms with Gasteiger partial charge in [0.25, 0.3) is 0 Å². The van der Waals surface area contributed by atoms with Crippen molar-refractivity contribution in [1.29, 1.82) is 0 Å². The largest absolute Gasteiger partial charge is 0.490 e. The van der Waals surface area contributed by atoms with Crippen LogP contribution in [-0.4, -0.2) is 24.4 Å². The Labute approximate surface area is 152 Å². The fourth-order valence-electron chi connectivity index (χ4n) is 1.71. The van der Waals surface area contributed by atoms with Crippen molar-refractivity contribution in [2.45, 2.75) is 6.92 Å². The molecule has 0 bridgehead atoms. The molecule has 1 aromatic carbocycles. The summed E-state index contributed by atoms with van der Waals surface area (Å²) in [6.45, 7) is 6.57. The molecule has 0 saturated heterocycles. The maximum atomic E-state index is 5.67. The Kier molecular flexibility index (Phi) is 6.66. The number of benzene rings is 1. The van der Waals surface area contributed by atoms with Gasteiger partial charge in [-0.1, -0.05) is 12.7 Å². The molecule has 0 unspecified atom stereocenters. The summed E-state index contributed by atoms with van der Waals surface area (Å²) in [4.78, 5) is 4.07. The van der Waals surface area contributed by atoms with Crippen molar-refractivity contribution < 1.29 is 9.47 Å². The van der Waals surface area contributed by atoms with Gasteiger partial charge in [0.2, 0.25) is 5.13 Å². The lowest BCUT2D eigenvalue weighted by Crippen LogP contribution is -2.02. The van der Waals surface area contributed by atoms with E-state index in [-0.39, 0.29) is 0 Å². The van der Waals surface area contributed by atoms with Crippen LogP contribution in [0.5, 0.6) is 11.5 Å². The molecule has 23 heavy (non-hydrogen) atoms. The average molecular weight is 444 g/mol. The van der Waals surface area contributed by atoms with Crippen molar-refractivity contribution in [3.8, 4) is 11.5 Å². The minimum absolute atomic E-state index is 0.427. The molecule has 1 heterocycles. The second kappa shape index (κ2) is 8.73. The van der Waals surface area contributed by atoms with E-state index >= 15 is 0 Å². The smallest absolute Gasteiger partial charge is 0.205 e. The van der Waals surface area contributed by atoms with Crippen molar-refractivity contribution in [1.82, 2.24) is 4.98 Å². The van der Waals surface area contributed by atoms with E-state index in [4.69, 9.17) is 15.2 Å². The summed E-state index contributed by atoms with van der Waals surface area (Å²) in [5.74, 6) is 1.87. The Bertz CT molecular complexity index is 703. The zero-order valence-corrected chi connectivity index (χ0v) is 15.6. The summed E-state index contributed by atoms with van der Waals surface area (Å²) in [5.41, 5.74) is 9.29. The van der Waals surface area contributed by atoms with Gasteiger partial charge in [0, 0.05) is 5.38 Å². The second-order valence-electron chi connectivity index (χ2n) is 4.31. The van der Waals surface area contributed by atoms with Gasteiger partial charge in [-0.15, -0.1) is 11.3 Å². The van der Waals surface area contributed by atoms with Crippen LogP contribution in [0.3, 0.4) is 0 Å². The Morgan fingerprint density at radius 2 is 2.30 bits per heavy atom. The molecule has 0 fully saturated rings. The van der Waals surface area contributed by atoms with E-state index in [0.717, 1.165) is 9.13 Å². The number of rotatable bonds is 8. The average Bonchev–Trinajstić information content (AvgIpc) is 2.92. The molecule has 0 saturated carbocycles. The minimum atomic E-state index is 0.427.